The second-order valence-electron chi connectivity index (χ2n) is 3.74. The van der Waals surface area contributed by atoms with E-state index in [2.05, 4.69) is 37.2 Å². The molecule has 0 bridgehead atoms. The summed E-state index contributed by atoms with van der Waals surface area (Å²) in [5.41, 5.74) is 5.63. The lowest BCUT2D eigenvalue weighted by molar-refractivity contribution is -0.119. The van der Waals surface area contributed by atoms with Crippen LogP contribution < -0.4 is 11.1 Å². The van der Waals surface area contributed by atoms with Gasteiger partial charge in [0.25, 0.3) is 0 Å². The molecule has 1 amide bonds. The molecule has 4 N–H and O–H groups in total. The third-order valence-corrected chi connectivity index (χ3v) is 3.42. The first kappa shape index (κ1) is 15.1. The fourth-order valence-electron chi connectivity index (χ4n) is 1.22. The minimum atomic E-state index is -1.12. The largest absolute Gasteiger partial charge is 0.478 e. The van der Waals surface area contributed by atoms with Crippen LogP contribution in [-0.2, 0) is 4.79 Å². The van der Waals surface area contributed by atoms with E-state index in [1.807, 2.05) is 0 Å². The number of nitrogens with two attached hydrogens (primary N) is 1. The Morgan fingerprint density at radius 2 is 2.06 bits per heavy atom. The Kier molecular flexibility index (Phi) is 5.30. The third-order valence-electron chi connectivity index (χ3n) is 2.33. The molecule has 0 aliphatic carbocycles. The number of hydrogen-bond acceptors (Lipinski definition) is 3. The molecule has 98 valence electrons. The van der Waals surface area contributed by atoms with Crippen molar-refractivity contribution in [1.29, 1.82) is 0 Å². The van der Waals surface area contributed by atoms with Crippen LogP contribution in [0.1, 0.15) is 17.3 Å². The molecule has 0 fully saturated rings. The topological polar surface area (TPSA) is 92.4 Å². The maximum atomic E-state index is 11.7. The van der Waals surface area contributed by atoms with E-state index in [1.165, 1.54) is 6.07 Å². The summed E-state index contributed by atoms with van der Waals surface area (Å²) >= 11 is 6.42. The van der Waals surface area contributed by atoms with Gasteiger partial charge < -0.3 is 16.2 Å². The predicted molar refractivity (Wildman–Crippen MR) is 75.6 cm³/mol. The normalized spacial score (nSPS) is 12.0. The van der Waals surface area contributed by atoms with Gasteiger partial charge in [0.1, 0.15) is 0 Å². The van der Waals surface area contributed by atoms with E-state index in [1.54, 1.807) is 13.0 Å². The number of rotatable bonds is 4. The van der Waals surface area contributed by atoms with Crippen LogP contribution in [0.25, 0.3) is 0 Å². The summed E-state index contributed by atoms with van der Waals surface area (Å²) in [4.78, 5) is 22.9. The number of amides is 1. The molecule has 5 nitrogen and oxygen atoms in total. The smallest absolute Gasteiger partial charge is 0.337 e. The van der Waals surface area contributed by atoms with Crippen LogP contribution in [0.5, 0.6) is 0 Å². The lowest BCUT2D eigenvalue weighted by atomic mass is 10.1. The van der Waals surface area contributed by atoms with Gasteiger partial charge in [-0.25, -0.2) is 4.79 Å². The Balaban J connectivity index is 3.15. The SMILES string of the molecule is CC(CN)C(=O)Nc1c(Br)cc(Br)cc1C(=O)O. The van der Waals surface area contributed by atoms with E-state index in [9.17, 15) is 9.59 Å². The molecule has 0 saturated carbocycles. The number of carboxylic acids is 1. The van der Waals surface area contributed by atoms with E-state index in [4.69, 9.17) is 10.8 Å². The first-order valence-corrected chi connectivity index (χ1v) is 6.68. The van der Waals surface area contributed by atoms with Crippen molar-refractivity contribution in [2.45, 2.75) is 6.92 Å². The van der Waals surface area contributed by atoms with Crippen LogP contribution in [0.15, 0.2) is 21.1 Å². The van der Waals surface area contributed by atoms with Gasteiger partial charge in [0.15, 0.2) is 0 Å². The molecule has 18 heavy (non-hydrogen) atoms. The fraction of sp³-hybridized carbons (Fsp3) is 0.273. The number of carboxylic acid groups (broad SMARTS) is 1. The maximum absolute atomic E-state index is 11.7. The van der Waals surface area contributed by atoms with Crippen molar-refractivity contribution in [3.63, 3.8) is 0 Å². The van der Waals surface area contributed by atoms with E-state index >= 15 is 0 Å². The summed E-state index contributed by atoms with van der Waals surface area (Å²) in [6.45, 7) is 1.87. The summed E-state index contributed by atoms with van der Waals surface area (Å²) in [5.74, 6) is -1.82. The summed E-state index contributed by atoms with van der Waals surface area (Å²) in [5, 5.41) is 11.7. The zero-order chi connectivity index (χ0) is 13.9. The van der Waals surface area contributed by atoms with Crippen LogP contribution in [0.4, 0.5) is 5.69 Å². The average Bonchev–Trinajstić information content (AvgIpc) is 2.30. The quantitative estimate of drug-likeness (QED) is 0.749. The predicted octanol–water partition coefficient (Wildman–Crippen LogP) is 2.44. The average molecular weight is 380 g/mol. The number of carbonyl (C=O) groups excluding carboxylic acids is 1. The number of carbonyl (C=O) groups is 2. The highest BCUT2D eigenvalue weighted by molar-refractivity contribution is 9.11. The molecule has 1 unspecified atom stereocenters. The number of hydrogen-bond donors (Lipinski definition) is 3. The van der Waals surface area contributed by atoms with Crippen molar-refractivity contribution in [1.82, 2.24) is 0 Å². The molecule has 7 heteroatoms. The molecule has 0 radical (unpaired) electrons. The molecular weight excluding hydrogens is 368 g/mol. The molecular formula is C11H12Br2N2O3. The zero-order valence-corrected chi connectivity index (χ0v) is 12.7. The van der Waals surface area contributed by atoms with Gasteiger partial charge in [-0.05, 0) is 28.1 Å². The number of aromatic carboxylic acids is 1. The maximum Gasteiger partial charge on any atom is 0.337 e. The van der Waals surface area contributed by atoms with Crippen molar-refractivity contribution in [3.05, 3.63) is 26.6 Å². The minimum absolute atomic E-state index is 0.00817. The lowest BCUT2D eigenvalue weighted by Crippen LogP contribution is -2.27. The summed E-state index contributed by atoms with van der Waals surface area (Å²) in [7, 11) is 0. The van der Waals surface area contributed by atoms with Gasteiger partial charge in [-0.2, -0.15) is 0 Å². The molecule has 1 aromatic carbocycles. The van der Waals surface area contributed by atoms with Gasteiger partial charge in [0, 0.05) is 21.4 Å². The number of halogens is 2. The molecule has 0 saturated heterocycles. The standard InChI is InChI=1S/C11H12Br2N2O3/c1-5(4-14)10(16)15-9-7(11(17)18)2-6(12)3-8(9)13/h2-3,5H,4,14H2,1H3,(H,15,16)(H,17,18). The third kappa shape index (κ3) is 3.54. The van der Waals surface area contributed by atoms with E-state index < -0.39 is 5.97 Å². The Bertz CT molecular complexity index is 491. The molecule has 1 rings (SSSR count). The van der Waals surface area contributed by atoms with Crippen molar-refractivity contribution in [2.75, 3.05) is 11.9 Å². The van der Waals surface area contributed by atoms with E-state index in [0.29, 0.717) is 8.95 Å². The molecule has 0 aromatic heterocycles. The summed E-state index contributed by atoms with van der Waals surface area (Å²) in [6, 6.07) is 3.09. The van der Waals surface area contributed by atoms with Gasteiger partial charge in [-0.3, -0.25) is 4.79 Å². The van der Waals surface area contributed by atoms with Crippen LogP contribution in [0.2, 0.25) is 0 Å². The van der Waals surface area contributed by atoms with Gasteiger partial charge in [-0.15, -0.1) is 0 Å². The Labute approximate surface area is 121 Å². The van der Waals surface area contributed by atoms with E-state index in [0.717, 1.165) is 0 Å². The monoisotopic (exact) mass is 378 g/mol. The second kappa shape index (κ2) is 6.31. The first-order valence-electron chi connectivity index (χ1n) is 5.10. The molecule has 0 aliphatic heterocycles. The Hall–Kier alpha value is -0.920. The van der Waals surface area contributed by atoms with Gasteiger partial charge in [-0.1, -0.05) is 22.9 Å². The van der Waals surface area contributed by atoms with Crippen LogP contribution >= 0.6 is 31.9 Å². The Morgan fingerprint density at radius 3 is 2.56 bits per heavy atom. The van der Waals surface area contributed by atoms with Gasteiger partial charge in [0.2, 0.25) is 5.91 Å². The number of benzene rings is 1. The van der Waals surface area contributed by atoms with Crippen molar-refractivity contribution >= 4 is 49.4 Å². The lowest BCUT2D eigenvalue weighted by Gasteiger charge is -2.14. The van der Waals surface area contributed by atoms with Crippen LogP contribution in [0, 0.1) is 5.92 Å². The number of nitrogens with one attached hydrogen (secondary N) is 1. The van der Waals surface area contributed by atoms with Crippen LogP contribution in [-0.4, -0.2) is 23.5 Å². The Morgan fingerprint density at radius 1 is 1.44 bits per heavy atom. The molecule has 0 aliphatic rings. The van der Waals surface area contributed by atoms with Crippen molar-refractivity contribution in [3.8, 4) is 0 Å². The number of anilines is 1. The van der Waals surface area contributed by atoms with Crippen molar-refractivity contribution < 1.29 is 14.7 Å². The molecule has 0 spiro atoms. The van der Waals surface area contributed by atoms with Crippen molar-refractivity contribution in [2.24, 2.45) is 11.7 Å². The minimum Gasteiger partial charge on any atom is -0.478 e. The highest BCUT2D eigenvalue weighted by Crippen LogP contribution is 2.31. The summed E-state index contributed by atoms with van der Waals surface area (Å²) in [6.07, 6.45) is 0. The first-order chi connectivity index (χ1) is 8.36. The molecule has 1 atom stereocenters. The van der Waals surface area contributed by atoms with Gasteiger partial charge >= 0.3 is 5.97 Å². The second-order valence-corrected chi connectivity index (χ2v) is 5.51. The van der Waals surface area contributed by atoms with Crippen LogP contribution in [0.3, 0.4) is 0 Å². The van der Waals surface area contributed by atoms with E-state index in [-0.39, 0.29) is 29.6 Å². The highest BCUT2D eigenvalue weighted by Gasteiger charge is 2.19. The fourth-order valence-corrected chi connectivity index (χ4v) is 2.55. The van der Waals surface area contributed by atoms with Gasteiger partial charge in [0.05, 0.1) is 11.3 Å². The molecule has 1 aromatic rings. The molecule has 0 heterocycles. The highest BCUT2D eigenvalue weighted by atomic mass is 79.9. The zero-order valence-electron chi connectivity index (χ0n) is 9.54. The summed E-state index contributed by atoms with van der Waals surface area (Å²) < 4.78 is 1.10.